The van der Waals surface area contributed by atoms with Gasteiger partial charge in [-0.3, -0.25) is 4.99 Å². The summed E-state index contributed by atoms with van der Waals surface area (Å²) in [6.07, 6.45) is 1.65. The van der Waals surface area contributed by atoms with E-state index in [9.17, 15) is 5.11 Å². The number of nitrogens with zero attached hydrogens (tertiary/aromatic N) is 2. The highest BCUT2D eigenvalue weighted by molar-refractivity contribution is 6.36. The number of phenolic OH excluding ortho intramolecular Hbond substituents is 1. The van der Waals surface area contributed by atoms with Gasteiger partial charge in [0.15, 0.2) is 5.58 Å². The number of hydrogen-bond donors (Lipinski definition) is 1. The number of oxazole rings is 1. The average Bonchev–Trinajstić information content (AvgIpc) is 3.05. The Balaban J connectivity index is 1.72. The van der Waals surface area contributed by atoms with E-state index >= 15 is 0 Å². The molecule has 0 aliphatic rings. The molecule has 0 saturated heterocycles. The normalized spacial score (nSPS) is 11.6. The molecule has 0 bridgehead atoms. The molecule has 140 valence electrons. The summed E-state index contributed by atoms with van der Waals surface area (Å²) in [6.45, 7) is 4.05. The first-order valence-electron chi connectivity index (χ1n) is 8.61. The predicted molar refractivity (Wildman–Crippen MR) is 114 cm³/mol. The third kappa shape index (κ3) is 3.61. The van der Waals surface area contributed by atoms with Gasteiger partial charge < -0.3 is 9.52 Å². The Hall–Kier alpha value is -2.82. The number of halogens is 2. The Kier molecular flexibility index (Phi) is 4.84. The zero-order chi connectivity index (χ0) is 19.8. The van der Waals surface area contributed by atoms with E-state index in [-0.39, 0.29) is 5.75 Å². The Bertz CT molecular complexity index is 1190. The van der Waals surface area contributed by atoms with Crippen LogP contribution in [0, 0.1) is 13.8 Å². The molecule has 6 heteroatoms. The number of fused-ring (bicyclic) bond motifs is 1. The van der Waals surface area contributed by atoms with Crippen molar-refractivity contribution in [1.82, 2.24) is 4.98 Å². The lowest BCUT2D eigenvalue weighted by Gasteiger charge is -2.02. The number of rotatable bonds is 3. The van der Waals surface area contributed by atoms with Crippen molar-refractivity contribution in [3.05, 3.63) is 75.3 Å². The van der Waals surface area contributed by atoms with E-state index < -0.39 is 0 Å². The summed E-state index contributed by atoms with van der Waals surface area (Å²) in [7, 11) is 0. The van der Waals surface area contributed by atoms with Gasteiger partial charge in [-0.1, -0.05) is 29.3 Å². The molecule has 0 spiro atoms. The van der Waals surface area contributed by atoms with Crippen LogP contribution in [-0.2, 0) is 0 Å². The van der Waals surface area contributed by atoms with Crippen LogP contribution in [0.2, 0.25) is 10.0 Å². The molecule has 0 amide bonds. The SMILES string of the molecule is Cc1cc2nc(-c3cc(N=Cc4ccc(Cl)cc4Cl)ccc3O)oc2cc1C. The van der Waals surface area contributed by atoms with E-state index in [1.165, 1.54) is 0 Å². The monoisotopic (exact) mass is 410 g/mol. The second kappa shape index (κ2) is 7.30. The van der Waals surface area contributed by atoms with Crippen LogP contribution >= 0.6 is 23.2 Å². The van der Waals surface area contributed by atoms with Gasteiger partial charge in [0.25, 0.3) is 0 Å². The fourth-order valence-electron chi connectivity index (χ4n) is 2.82. The largest absolute Gasteiger partial charge is 0.507 e. The fourth-order valence-corrected chi connectivity index (χ4v) is 3.28. The minimum Gasteiger partial charge on any atom is -0.507 e. The molecule has 0 unspecified atom stereocenters. The highest BCUT2D eigenvalue weighted by Crippen LogP contribution is 2.34. The minimum absolute atomic E-state index is 0.0727. The van der Waals surface area contributed by atoms with Gasteiger partial charge in [-0.15, -0.1) is 0 Å². The van der Waals surface area contributed by atoms with Crippen molar-refractivity contribution in [2.45, 2.75) is 13.8 Å². The van der Waals surface area contributed by atoms with E-state index in [0.29, 0.717) is 32.8 Å². The molecule has 0 aliphatic carbocycles. The summed E-state index contributed by atoms with van der Waals surface area (Å²) in [5, 5.41) is 11.4. The third-order valence-electron chi connectivity index (χ3n) is 4.53. The highest BCUT2D eigenvalue weighted by atomic mass is 35.5. The lowest BCUT2D eigenvalue weighted by Crippen LogP contribution is -1.83. The van der Waals surface area contributed by atoms with E-state index in [1.54, 1.807) is 42.6 Å². The molecule has 3 aromatic carbocycles. The Labute approximate surface area is 172 Å². The summed E-state index contributed by atoms with van der Waals surface area (Å²) in [4.78, 5) is 8.96. The molecular weight excluding hydrogens is 395 g/mol. The van der Waals surface area contributed by atoms with Crippen LogP contribution in [0.3, 0.4) is 0 Å². The lowest BCUT2D eigenvalue weighted by molar-refractivity contribution is 0.474. The topological polar surface area (TPSA) is 58.6 Å². The molecule has 4 nitrogen and oxygen atoms in total. The van der Waals surface area contributed by atoms with Crippen molar-refractivity contribution in [2.75, 3.05) is 0 Å². The molecule has 4 rings (SSSR count). The Morgan fingerprint density at radius 1 is 1.00 bits per heavy atom. The van der Waals surface area contributed by atoms with Crippen LogP contribution < -0.4 is 0 Å². The van der Waals surface area contributed by atoms with E-state index in [4.69, 9.17) is 27.6 Å². The Morgan fingerprint density at radius 3 is 2.57 bits per heavy atom. The number of aromatic hydroxyl groups is 1. The number of benzene rings is 3. The third-order valence-corrected chi connectivity index (χ3v) is 5.09. The molecule has 1 N–H and O–H groups in total. The molecule has 28 heavy (non-hydrogen) atoms. The summed E-state index contributed by atoms with van der Waals surface area (Å²) in [5.41, 5.74) is 5.54. The molecular formula is C22H16Cl2N2O2. The molecule has 0 atom stereocenters. The van der Waals surface area contributed by atoms with Crippen LogP contribution in [-0.4, -0.2) is 16.3 Å². The minimum atomic E-state index is 0.0727. The second-order valence-corrected chi connectivity index (χ2v) is 7.39. The number of hydrogen-bond acceptors (Lipinski definition) is 4. The van der Waals surface area contributed by atoms with Gasteiger partial charge in [0, 0.05) is 16.8 Å². The average molecular weight is 411 g/mol. The standard InChI is InChI=1S/C22H16Cl2N2O2/c1-12-7-19-21(8-13(12)2)28-22(26-19)17-10-16(5-6-20(17)27)25-11-14-3-4-15(23)9-18(14)24/h3-11,27H,1-2H3. The molecule has 0 saturated carbocycles. The first kappa shape index (κ1) is 18.5. The Morgan fingerprint density at radius 2 is 1.79 bits per heavy atom. The second-order valence-electron chi connectivity index (χ2n) is 6.55. The number of aliphatic imine (C=N–C) groups is 1. The van der Waals surface area contributed by atoms with Crippen LogP contribution in [0.1, 0.15) is 16.7 Å². The highest BCUT2D eigenvalue weighted by Gasteiger charge is 2.14. The van der Waals surface area contributed by atoms with Gasteiger partial charge >= 0.3 is 0 Å². The van der Waals surface area contributed by atoms with E-state index in [2.05, 4.69) is 9.98 Å². The van der Waals surface area contributed by atoms with Crippen molar-refractivity contribution in [2.24, 2.45) is 4.99 Å². The molecule has 4 aromatic rings. The van der Waals surface area contributed by atoms with Crippen LogP contribution in [0.15, 0.2) is 57.9 Å². The maximum atomic E-state index is 10.3. The summed E-state index contributed by atoms with van der Waals surface area (Å²) >= 11 is 12.1. The maximum Gasteiger partial charge on any atom is 0.231 e. The summed E-state index contributed by atoms with van der Waals surface area (Å²) in [5.74, 6) is 0.419. The zero-order valence-electron chi connectivity index (χ0n) is 15.2. The van der Waals surface area contributed by atoms with Crippen molar-refractivity contribution < 1.29 is 9.52 Å². The molecule has 1 heterocycles. The number of phenols is 1. The zero-order valence-corrected chi connectivity index (χ0v) is 16.7. The van der Waals surface area contributed by atoms with Crippen LogP contribution in [0.4, 0.5) is 5.69 Å². The van der Waals surface area contributed by atoms with Crippen LogP contribution in [0.5, 0.6) is 5.75 Å². The van der Waals surface area contributed by atoms with Gasteiger partial charge in [-0.05, 0) is 67.4 Å². The predicted octanol–water partition coefficient (Wildman–Crippen LogP) is 6.87. The van der Waals surface area contributed by atoms with Gasteiger partial charge in [0.05, 0.1) is 16.3 Å². The quantitative estimate of drug-likeness (QED) is 0.374. The molecule has 1 aromatic heterocycles. The maximum absolute atomic E-state index is 10.3. The van der Waals surface area contributed by atoms with E-state index in [0.717, 1.165) is 22.2 Å². The summed E-state index contributed by atoms with van der Waals surface area (Å²) < 4.78 is 5.86. The summed E-state index contributed by atoms with van der Waals surface area (Å²) in [6, 6.07) is 14.1. The fraction of sp³-hybridized carbons (Fsp3) is 0.0909. The molecule has 0 aliphatic heterocycles. The number of aromatic nitrogens is 1. The van der Waals surface area contributed by atoms with Crippen molar-refractivity contribution in [3.63, 3.8) is 0 Å². The van der Waals surface area contributed by atoms with Gasteiger partial charge in [0.2, 0.25) is 5.89 Å². The molecule has 0 radical (unpaired) electrons. The first-order chi connectivity index (χ1) is 13.4. The smallest absolute Gasteiger partial charge is 0.231 e. The lowest BCUT2D eigenvalue weighted by atomic mass is 10.1. The van der Waals surface area contributed by atoms with Crippen LogP contribution in [0.25, 0.3) is 22.6 Å². The van der Waals surface area contributed by atoms with Gasteiger partial charge in [-0.2, -0.15) is 0 Å². The van der Waals surface area contributed by atoms with E-state index in [1.807, 2.05) is 26.0 Å². The van der Waals surface area contributed by atoms with Gasteiger partial charge in [-0.25, -0.2) is 4.98 Å². The first-order valence-corrected chi connectivity index (χ1v) is 9.36. The van der Waals surface area contributed by atoms with Gasteiger partial charge in [0.1, 0.15) is 11.3 Å². The van der Waals surface area contributed by atoms with Crippen molar-refractivity contribution in [3.8, 4) is 17.2 Å². The van der Waals surface area contributed by atoms with Crippen molar-refractivity contribution >= 4 is 46.2 Å². The number of aryl methyl sites for hydroxylation is 2. The van der Waals surface area contributed by atoms with Crippen molar-refractivity contribution in [1.29, 1.82) is 0 Å². The molecule has 0 fully saturated rings.